The molecule has 0 saturated carbocycles. The summed E-state index contributed by atoms with van der Waals surface area (Å²) in [6, 6.07) is 16.5. The first-order valence-corrected chi connectivity index (χ1v) is 9.39. The number of nitrogens with zero attached hydrogens (tertiary/aromatic N) is 2. The molecule has 2 aromatic carbocycles. The van der Waals surface area contributed by atoms with Gasteiger partial charge in [-0.1, -0.05) is 23.8 Å². The fourth-order valence-electron chi connectivity index (χ4n) is 2.75. The molecule has 3 aromatic rings. The molecule has 7 nitrogen and oxygen atoms in total. The van der Waals surface area contributed by atoms with Gasteiger partial charge in [0.1, 0.15) is 11.5 Å². The van der Waals surface area contributed by atoms with E-state index in [2.05, 4.69) is 20.6 Å². The van der Waals surface area contributed by atoms with Gasteiger partial charge in [0.2, 0.25) is 5.96 Å². The van der Waals surface area contributed by atoms with Crippen molar-refractivity contribution in [2.75, 3.05) is 19.5 Å². The standard InChI is InChI=1S/C23H24N4O3/c1-16-6-4-8-18(10-16)22(28)27-23(25-15-17-7-5-9-24-14-17)26-19-11-20(29-2)13-21(12-19)30-3/h4-14H,15H2,1-3H3,(H2,25,26,27,28). The second-order valence-corrected chi connectivity index (χ2v) is 6.58. The van der Waals surface area contributed by atoms with Crippen molar-refractivity contribution in [2.45, 2.75) is 13.5 Å². The van der Waals surface area contributed by atoms with Gasteiger partial charge in [-0.25, -0.2) is 4.99 Å². The molecule has 1 heterocycles. The molecular formula is C23H24N4O3. The summed E-state index contributed by atoms with van der Waals surface area (Å²) in [7, 11) is 3.16. The van der Waals surface area contributed by atoms with Crippen LogP contribution in [-0.4, -0.2) is 31.1 Å². The highest BCUT2D eigenvalue weighted by Gasteiger charge is 2.11. The van der Waals surface area contributed by atoms with E-state index in [1.807, 2.05) is 37.3 Å². The van der Waals surface area contributed by atoms with Gasteiger partial charge in [-0.05, 0) is 30.7 Å². The number of guanidine groups is 1. The van der Waals surface area contributed by atoms with Crippen molar-refractivity contribution in [3.8, 4) is 11.5 Å². The van der Waals surface area contributed by atoms with Gasteiger partial charge in [0.25, 0.3) is 5.91 Å². The van der Waals surface area contributed by atoms with Crippen LogP contribution in [0, 0.1) is 6.92 Å². The number of benzene rings is 2. The molecule has 0 aliphatic heterocycles. The first-order valence-electron chi connectivity index (χ1n) is 9.39. The van der Waals surface area contributed by atoms with Gasteiger partial charge in [-0.2, -0.15) is 0 Å². The molecule has 0 radical (unpaired) electrons. The van der Waals surface area contributed by atoms with Crippen molar-refractivity contribution in [1.82, 2.24) is 10.3 Å². The highest BCUT2D eigenvalue weighted by atomic mass is 16.5. The maximum atomic E-state index is 12.8. The molecule has 7 heteroatoms. The Morgan fingerprint density at radius 1 is 1.03 bits per heavy atom. The Morgan fingerprint density at radius 3 is 2.43 bits per heavy atom. The van der Waals surface area contributed by atoms with Crippen LogP contribution < -0.4 is 20.1 Å². The fourth-order valence-corrected chi connectivity index (χ4v) is 2.75. The Hall–Kier alpha value is -3.87. The van der Waals surface area contributed by atoms with Crippen molar-refractivity contribution in [3.05, 3.63) is 83.7 Å². The molecular weight excluding hydrogens is 380 g/mol. The van der Waals surface area contributed by atoms with Gasteiger partial charge in [-0.15, -0.1) is 0 Å². The average molecular weight is 404 g/mol. The Kier molecular flexibility index (Phi) is 7.00. The lowest BCUT2D eigenvalue weighted by Gasteiger charge is -2.14. The zero-order chi connectivity index (χ0) is 21.3. The second kappa shape index (κ2) is 10.1. The van der Waals surface area contributed by atoms with Crippen LogP contribution in [0.2, 0.25) is 0 Å². The number of hydrogen-bond donors (Lipinski definition) is 2. The van der Waals surface area contributed by atoms with Crippen LogP contribution in [0.25, 0.3) is 0 Å². The number of aromatic nitrogens is 1. The Balaban J connectivity index is 1.86. The molecule has 0 fully saturated rings. The molecule has 0 unspecified atom stereocenters. The van der Waals surface area contributed by atoms with E-state index in [0.29, 0.717) is 35.3 Å². The molecule has 154 valence electrons. The Labute approximate surface area is 175 Å². The number of nitrogens with one attached hydrogen (secondary N) is 2. The van der Waals surface area contributed by atoms with E-state index < -0.39 is 0 Å². The van der Waals surface area contributed by atoms with Crippen LogP contribution in [0.4, 0.5) is 5.69 Å². The number of rotatable bonds is 6. The first-order chi connectivity index (χ1) is 14.6. The number of aryl methyl sites for hydroxylation is 1. The average Bonchev–Trinajstić information content (AvgIpc) is 2.77. The molecule has 0 atom stereocenters. The predicted molar refractivity (Wildman–Crippen MR) is 117 cm³/mol. The number of anilines is 1. The number of ether oxygens (including phenoxy) is 2. The molecule has 30 heavy (non-hydrogen) atoms. The zero-order valence-corrected chi connectivity index (χ0v) is 17.2. The summed E-state index contributed by atoms with van der Waals surface area (Å²) in [6.07, 6.45) is 3.44. The van der Waals surface area contributed by atoms with E-state index in [-0.39, 0.29) is 5.91 Å². The van der Waals surface area contributed by atoms with Gasteiger partial charge in [0, 0.05) is 41.8 Å². The summed E-state index contributed by atoms with van der Waals surface area (Å²) < 4.78 is 10.6. The van der Waals surface area contributed by atoms with Gasteiger partial charge in [0.15, 0.2) is 0 Å². The monoisotopic (exact) mass is 404 g/mol. The summed E-state index contributed by atoms with van der Waals surface area (Å²) >= 11 is 0. The summed E-state index contributed by atoms with van der Waals surface area (Å²) in [5.74, 6) is 1.29. The Morgan fingerprint density at radius 2 is 1.80 bits per heavy atom. The van der Waals surface area contributed by atoms with Crippen LogP contribution in [0.15, 0.2) is 72.0 Å². The molecule has 0 aliphatic carbocycles. The number of amides is 1. The van der Waals surface area contributed by atoms with Crippen molar-refractivity contribution in [1.29, 1.82) is 0 Å². The smallest absolute Gasteiger partial charge is 0.257 e. The summed E-state index contributed by atoms with van der Waals surface area (Å²) in [5, 5.41) is 6.00. The van der Waals surface area contributed by atoms with Gasteiger partial charge >= 0.3 is 0 Å². The van der Waals surface area contributed by atoms with Gasteiger partial charge in [0.05, 0.1) is 20.8 Å². The van der Waals surface area contributed by atoms with Crippen LogP contribution in [0.5, 0.6) is 11.5 Å². The normalized spacial score (nSPS) is 11.0. The summed E-state index contributed by atoms with van der Waals surface area (Å²) in [5.41, 5.74) is 3.14. The largest absolute Gasteiger partial charge is 0.497 e. The van der Waals surface area contributed by atoms with Crippen LogP contribution in [0.3, 0.4) is 0 Å². The molecule has 0 saturated heterocycles. The van der Waals surface area contributed by atoms with E-state index in [0.717, 1.165) is 11.1 Å². The predicted octanol–water partition coefficient (Wildman–Crippen LogP) is 3.81. The second-order valence-electron chi connectivity index (χ2n) is 6.58. The van der Waals surface area contributed by atoms with Crippen LogP contribution in [-0.2, 0) is 6.54 Å². The van der Waals surface area contributed by atoms with E-state index in [1.54, 1.807) is 50.9 Å². The number of carbonyl (C=O) groups excluding carboxylic acids is 1. The molecule has 3 rings (SSSR count). The lowest BCUT2D eigenvalue weighted by molar-refractivity contribution is 0.0977. The van der Waals surface area contributed by atoms with Gasteiger partial charge in [-0.3, -0.25) is 15.1 Å². The third-order valence-electron chi connectivity index (χ3n) is 4.27. The minimum Gasteiger partial charge on any atom is -0.497 e. The lowest BCUT2D eigenvalue weighted by atomic mass is 10.1. The van der Waals surface area contributed by atoms with Crippen molar-refractivity contribution in [2.24, 2.45) is 4.99 Å². The Bertz CT molecular complexity index is 1010. The molecule has 0 spiro atoms. The number of pyridine rings is 1. The zero-order valence-electron chi connectivity index (χ0n) is 17.2. The highest BCUT2D eigenvalue weighted by molar-refractivity contribution is 6.10. The molecule has 1 amide bonds. The minimum absolute atomic E-state index is 0.258. The van der Waals surface area contributed by atoms with E-state index in [9.17, 15) is 4.79 Å². The van der Waals surface area contributed by atoms with Crippen molar-refractivity contribution >= 4 is 17.6 Å². The van der Waals surface area contributed by atoms with E-state index in [4.69, 9.17) is 9.47 Å². The first kappa shape index (κ1) is 20.9. The maximum absolute atomic E-state index is 12.8. The fraction of sp³-hybridized carbons (Fsp3) is 0.174. The number of aliphatic imine (C=N–C) groups is 1. The maximum Gasteiger partial charge on any atom is 0.257 e. The molecule has 0 bridgehead atoms. The van der Waals surface area contributed by atoms with Crippen LogP contribution >= 0.6 is 0 Å². The highest BCUT2D eigenvalue weighted by Crippen LogP contribution is 2.25. The summed E-state index contributed by atoms with van der Waals surface area (Å²) in [4.78, 5) is 21.4. The number of carbonyl (C=O) groups is 1. The minimum atomic E-state index is -0.258. The number of methoxy groups -OCH3 is 2. The lowest BCUT2D eigenvalue weighted by Crippen LogP contribution is -2.36. The SMILES string of the molecule is COc1cc(NC(=NCc2cccnc2)NC(=O)c2cccc(C)c2)cc(OC)c1. The third-order valence-corrected chi connectivity index (χ3v) is 4.27. The van der Waals surface area contributed by atoms with Gasteiger partial charge < -0.3 is 14.8 Å². The van der Waals surface area contributed by atoms with Crippen molar-refractivity contribution in [3.63, 3.8) is 0 Å². The molecule has 2 N–H and O–H groups in total. The third kappa shape index (κ3) is 5.81. The number of hydrogen-bond acceptors (Lipinski definition) is 5. The van der Waals surface area contributed by atoms with Crippen molar-refractivity contribution < 1.29 is 14.3 Å². The van der Waals surface area contributed by atoms with E-state index in [1.165, 1.54) is 0 Å². The molecule has 1 aromatic heterocycles. The van der Waals surface area contributed by atoms with E-state index >= 15 is 0 Å². The van der Waals surface area contributed by atoms with Crippen LogP contribution in [0.1, 0.15) is 21.5 Å². The molecule has 0 aliphatic rings. The summed E-state index contributed by atoms with van der Waals surface area (Å²) in [6.45, 7) is 2.29. The topological polar surface area (TPSA) is 84.8 Å². The quantitative estimate of drug-likeness (QED) is 0.482.